The molecule has 0 atom stereocenters. The predicted octanol–water partition coefficient (Wildman–Crippen LogP) is 2.76. The van der Waals surface area contributed by atoms with E-state index in [9.17, 15) is 27.7 Å². The highest BCUT2D eigenvalue weighted by molar-refractivity contribution is 7.92. The van der Waals surface area contributed by atoms with E-state index in [1.165, 1.54) is 30.4 Å². The summed E-state index contributed by atoms with van der Waals surface area (Å²) in [6.45, 7) is 0. The lowest BCUT2D eigenvalue weighted by Gasteiger charge is -2.04. The molecule has 1 amide bonds. The van der Waals surface area contributed by atoms with E-state index in [2.05, 4.69) is 10.0 Å². The van der Waals surface area contributed by atoms with E-state index < -0.39 is 32.4 Å². The fourth-order valence-electron chi connectivity index (χ4n) is 1.96. The molecule has 26 heavy (non-hydrogen) atoms. The molecule has 0 saturated carbocycles. The highest BCUT2D eigenvalue weighted by atomic mass is 32.2. The standard InChI is InChI=1S/C16H14FN3O5S/c1-26(24,25)19-12-5-2-11(3-6-12)4-9-16(21)18-13-7-8-14(17)15(10-13)20(22)23/h2-10,19H,1H3,(H,18,21)/b9-4+. The number of sulfonamides is 1. The Morgan fingerprint density at radius 3 is 2.35 bits per heavy atom. The fraction of sp³-hybridized carbons (Fsp3) is 0.0625. The Morgan fingerprint density at radius 1 is 1.15 bits per heavy atom. The van der Waals surface area contributed by atoms with Gasteiger partial charge >= 0.3 is 5.69 Å². The highest BCUT2D eigenvalue weighted by Gasteiger charge is 2.14. The number of nitro groups is 1. The summed E-state index contributed by atoms with van der Waals surface area (Å²) in [5, 5.41) is 13.1. The van der Waals surface area contributed by atoms with Crippen LogP contribution >= 0.6 is 0 Å². The molecule has 0 fully saturated rings. The molecule has 0 spiro atoms. The van der Waals surface area contributed by atoms with Crippen LogP contribution in [0.2, 0.25) is 0 Å². The van der Waals surface area contributed by atoms with Crippen molar-refractivity contribution in [3.8, 4) is 0 Å². The summed E-state index contributed by atoms with van der Waals surface area (Å²) in [4.78, 5) is 21.7. The third-order valence-electron chi connectivity index (χ3n) is 3.05. The summed E-state index contributed by atoms with van der Waals surface area (Å²) in [6, 6.07) is 9.28. The van der Waals surface area contributed by atoms with Gasteiger partial charge in [-0.25, -0.2) is 8.42 Å². The molecule has 0 radical (unpaired) electrons. The van der Waals surface area contributed by atoms with E-state index in [0.717, 1.165) is 18.4 Å². The molecule has 0 heterocycles. The smallest absolute Gasteiger partial charge is 0.306 e. The quantitative estimate of drug-likeness (QED) is 0.454. The third-order valence-corrected chi connectivity index (χ3v) is 3.66. The van der Waals surface area contributed by atoms with E-state index >= 15 is 0 Å². The summed E-state index contributed by atoms with van der Waals surface area (Å²) >= 11 is 0. The van der Waals surface area contributed by atoms with Gasteiger partial charge in [-0.2, -0.15) is 4.39 Å². The van der Waals surface area contributed by atoms with Crippen LogP contribution in [0.15, 0.2) is 48.5 Å². The Bertz CT molecular complexity index is 972. The first-order valence-electron chi connectivity index (χ1n) is 7.15. The fourth-order valence-corrected chi connectivity index (χ4v) is 2.53. The molecule has 2 aromatic carbocycles. The van der Waals surface area contributed by atoms with Gasteiger partial charge in [0.05, 0.1) is 11.2 Å². The van der Waals surface area contributed by atoms with Gasteiger partial charge < -0.3 is 5.32 Å². The second kappa shape index (κ2) is 7.74. The van der Waals surface area contributed by atoms with Crippen molar-refractivity contribution in [2.24, 2.45) is 0 Å². The average Bonchev–Trinajstić information content (AvgIpc) is 2.54. The van der Waals surface area contributed by atoms with Crippen molar-refractivity contribution in [3.63, 3.8) is 0 Å². The van der Waals surface area contributed by atoms with E-state index in [1.54, 1.807) is 12.1 Å². The van der Waals surface area contributed by atoms with Crippen LogP contribution in [-0.2, 0) is 14.8 Å². The lowest BCUT2D eigenvalue weighted by Crippen LogP contribution is -2.09. The zero-order chi connectivity index (χ0) is 19.3. The second-order valence-corrected chi connectivity index (χ2v) is 6.99. The Labute approximate surface area is 148 Å². The molecule has 0 aliphatic heterocycles. The molecule has 0 aliphatic rings. The molecule has 136 valence electrons. The molecule has 2 aromatic rings. The second-order valence-electron chi connectivity index (χ2n) is 5.24. The van der Waals surface area contributed by atoms with E-state index in [4.69, 9.17) is 0 Å². The zero-order valence-electron chi connectivity index (χ0n) is 13.5. The maximum Gasteiger partial charge on any atom is 0.306 e. The molecule has 8 nitrogen and oxygen atoms in total. The highest BCUT2D eigenvalue weighted by Crippen LogP contribution is 2.21. The Hall–Kier alpha value is -3.27. The first-order chi connectivity index (χ1) is 12.1. The van der Waals surface area contributed by atoms with Crippen molar-refractivity contribution in [1.29, 1.82) is 0 Å². The number of carbonyl (C=O) groups excluding carboxylic acids is 1. The van der Waals surface area contributed by atoms with Crippen LogP contribution in [0.4, 0.5) is 21.5 Å². The molecule has 0 bridgehead atoms. The Kier molecular flexibility index (Phi) is 5.68. The molecule has 10 heteroatoms. The van der Waals surface area contributed by atoms with Gasteiger partial charge in [-0.3, -0.25) is 19.6 Å². The maximum absolute atomic E-state index is 13.3. The van der Waals surface area contributed by atoms with Crippen LogP contribution in [0.3, 0.4) is 0 Å². The number of anilines is 2. The minimum atomic E-state index is -3.37. The van der Waals surface area contributed by atoms with Crippen LogP contribution in [0.1, 0.15) is 5.56 Å². The van der Waals surface area contributed by atoms with Crippen LogP contribution in [0.25, 0.3) is 6.08 Å². The van der Waals surface area contributed by atoms with Gasteiger partial charge in [-0.1, -0.05) is 12.1 Å². The minimum absolute atomic E-state index is 0.0838. The van der Waals surface area contributed by atoms with E-state index in [0.29, 0.717) is 11.3 Å². The first kappa shape index (κ1) is 19.1. The Balaban J connectivity index is 2.03. The van der Waals surface area contributed by atoms with Crippen molar-refractivity contribution in [3.05, 3.63) is 70.0 Å². The number of rotatable bonds is 6. The lowest BCUT2D eigenvalue weighted by atomic mass is 10.2. The summed E-state index contributed by atoms with van der Waals surface area (Å²) in [6.07, 6.45) is 3.69. The molecular weight excluding hydrogens is 365 g/mol. The van der Waals surface area contributed by atoms with Crippen LogP contribution in [0, 0.1) is 15.9 Å². The Morgan fingerprint density at radius 2 is 1.77 bits per heavy atom. The monoisotopic (exact) mass is 379 g/mol. The number of nitrogens with zero attached hydrogens (tertiary/aromatic N) is 1. The molecule has 0 unspecified atom stereocenters. The summed E-state index contributed by atoms with van der Waals surface area (Å²) in [5.41, 5.74) is 0.359. The van der Waals surface area contributed by atoms with Gasteiger partial charge in [0.2, 0.25) is 21.7 Å². The number of hydrogen-bond acceptors (Lipinski definition) is 5. The van der Waals surface area contributed by atoms with Crippen molar-refractivity contribution in [2.75, 3.05) is 16.3 Å². The number of carbonyl (C=O) groups is 1. The van der Waals surface area contributed by atoms with Crippen molar-refractivity contribution >= 4 is 39.1 Å². The van der Waals surface area contributed by atoms with Crippen LogP contribution < -0.4 is 10.0 Å². The van der Waals surface area contributed by atoms with Crippen molar-refractivity contribution < 1.29 is 22.5 Å². The van der Waals surface area contributed by atoms with Gasteiger partial charge in [0.15, 0.2) is 0 Å². The van der Waals surface area contributed by atoms with Crippen LogP contribution in [0.5, 0.6) is 0 Å². The predicted molar refractivity (Wildman–Crippen MR) is 95.6 cm³/mol. The maximum atomic E-state index is 13.3. The van der Waals surface area contributed by atoms with Gasteiger partial charge in [-0.15, -0.1) is 0 Å². The van der Waals surface area contributed by atoms with Gasteiger partial charge in [0.1, 0.15) is 0 Å². The average molecular weight is 379 g/mol. The van der Waals surface area contributed by atoms with Gasteiger partial charge in [0, 0.05) is 23.5 Å². The summed E-state index contributed by atoms with van der Waals surface area (Å²) in [5.74, 6) is -1.56. The topological polar surface area (TPSA) is 118 Å². The number of hydrogen-bond donors (Lipinski definition) is 2. The van der Waals surface area contributed by atoms with Gasteiger partial charge in [0.25, 0.3) is 0 Å². The largest absolute Gasteiger partial charge is 0.322 e. The lowest BCUT2D eigenvalue weighted by molar-refractivity contribution is -0.387. The van der Waals surface area contributed by atoms with Crippen LogP contribution in [-0.4, -0.2) is 25.5 Å². The van der Waals surface area contributed by atoms with Crippen molar-refractivity contribution in [2.45, 2.75) is 0 Å². The number of halogens is 1. The number of amides is 1. The molecule has 0 aliphatic carbocycles. The SMILES string of the molecule is CS(=O)(=O)Nc1ccc(/C=C/C(=O)Nc2ccc(F)c([N+](=O)[O-])c2)cc1. The normalized spacial score (nSPS) is 11.3. The molecule has 0 aromatic heterocycles. The summed E-state index contributed by atoms with van der Waals surface area (Å²) in [7, 11) is -3.37. The number of benzene rings is 2. The minimum Gasteiger partial charge on any atom is -0.322 e. The molecule has 2 rings (SSSR count). The van der Waals surface area contributed by atoms with E-state index in [-0.39, 0.29) is 5.69 Å². The first-order valence-corrected chi connectivity index (χ1v) is 9.04. The van der Waals surface area contributed by atoms with E-state index in [1.807, 2.05) is 0 Å². The molecular formula is C16H14FN3O5S. The molecule has 0 saturated heterocycles. The number of nitrogens with one attached hydrogen (secondary N) is 2. The summed E-state index contributed by atoms with van der Waals surface area (Å²) < 4.78 is 37.8. The third kappa shape index (κ3) is 5.67. The zero-order valence-corrected chi connectivity index (χ0v) is 14.3. The number of nitro benzene ring substituents is 1. The van der Waals surface area contributed by atoms with Gasteiger partial charge in [-0.05, 0) is 35.9 Å². The van der Waals surface area contributed by atoms with Crippen molar-refractivity contribution in [1.82, 2.24) is 0 Å². The molecule has 2 N–H and O–H groups in total.